The van der Waals surface area contributed by atoms with Crippen LogP contribution in [-0.4, -0.2) is 31.1 Å². The van der Waals surface area contributed by atoms with Gasteiger partial charge in [-0.05, 0) is 44.3 Å². The maximum atomic E-state index is 5.88. The number of piperidine rings is 1. The van der Waals surface area contributed by atoms with Crippen molar-refractivity contribution in [1.82, 2.24) is 4.90 Å². The smallest absolute Gasteiger partial charge is 0.00243 e. The van der Waals surface area contributed by atoms with Gasteiger partial charge in [-0.1, -0.05) is 71.6 Å². The maximum Gasteiger partial charge on any atom is 0.00243 e. The SMILES string of the molecule is CCCCCCCCCCCCN1CCC(C)C(CN)C1. The van der Waals surface area contributed by atoms with Crippen molar-refractivity contribution in [3.63, 3.8) is 0 Å². The van der Waals surface area contributed by atoms with E-state index in [0.29, 0.717) is 0 Å². The second-order valence-corrected chi connectivity index (χ2v) is 7.24. The second-order valence-electron chi connectivity index (χ2n) is 7.24. The maximum absolute atomic E-state index is 5.88. The largest absolute Gasteiger partial charge is 0.330 e. The highest BCUT2D eigenvalue weighted by molar-refractivity contribution is 4.78. The molecule has 1 fully saturated rings. The van der Waals surface area contributed by atoms with Crippen molar-refractivity contribution in [3.8, 4) is 0 Å². The van der Waals surface area contributed by atoms with E-state index in [9.17, 15) is 0 Å². The molecule has 2 N–H and O–H groups in total. The molecule has 2 unspecified atom stereocenters. The molecule has 0 aromatic heterocycles. The zero-order valence-electron chi connectivity index (χ0n) is 14.8. The minimum absolute atomic E-state index is 0.738. The van der Waals surface area contributed by atoms with Crippen molar-refractivity contribution >= 4 is 0 Å². The summed E-state index contributed by atoms with van der Waals surface area (Å²) in [6, 6.07) is 0. The molecule has 21 heavy (non-hydrogen) atoms. The molecular formula is C19H40N2. The zero-order valence-corrected chi connectivity index (χ0v) is 14.8. The monoisotopic (exact) mass is 296 g/mol. The summed E-state index contributed by atoms with van der Waals surface area (Å²) in [6.45, 7) is 9.38. The van der Waals surface area contributed by atoms with Gasteiger partial charge in [0.25, 0.3) is 0 Å². The summed E-state index contributed by atoms with van der Waals surface area (Å²) in [5.74, 6) is 1.57. The Morgan fingerprint density at radius 1 is 0.905 bits per heavy atom. The quantitative estimate of drug-likeness (QED) is 0.523. The van der Waals surface area contributed by atoms with Crippen molar-refractivity contribution < 1.29 is 0 Å². The van der Waals surface area contributed by atoms with Crippen LogP contribution >= 0.6 is 0 Å². The van der Waals surface area contributed by atoms with Crippen molar-refractivity contribution in [2.45, 2.75) is 84.5 Å². The fourth-order valence-electron chi connectivity index (χ4n) is 3.56. The molecule has 0 aliphatic carbocycles. The van der Waals surface area contributed by atoms with Gasteiger partial charge in [0, 0.05) is 6.54 Å². The van der Waals surface area contributed by atoms with Crippen molar-refractivity contribution in [1.29, 1.82) is 0 Å². The van der Waals surface area contributed by atoms with Crippen LogP contribution < -0.4 is 5.73 Å². The Hall–Kier alpha value is -0.0800. The van der Waals surface area contributed by atoms with Gasteiger partial charge in [-0.25, -0.2) is 0 Å². The van der Waals surface area contributed by atoms with Crippen LogP contribution in [0.3, 0.4) is 0 Å². The Morgan fingerprint density at radius 3 is 2.05 bits per heavy atom. The summed E-state index contributed by atoms with van der Waals surface area (Å²) >= 11 is 0. The number of hydrogen-bond donors (Lipinski definition) is 1. The third-order valence-electron chi connectivity index (χ3n) is 5.33. The number of unbranched alkanes of at least 4 members (excludes halogenated alkanes) is 9. The summed E-state index contributed by atoms with van der Waals surface area (Å²) in [6.07, 6.45) is 15.7. The number of rotatable bonds is 12. The van der Waals surface area contributed by atoms with Crippen LogP contribution in [0.4, 0.5) is 0 Å². The standard InChI is InChI=1S/C19H40N2/c1-3-4-5-6-7-8-9-10-11-12-14-21-15-13-18(2)19(16-20)17-21/h18-19H,3-17,20H2,1-2H3. The first kappa shape index (κ1) is 19.0. The first-order valence-corrected chi connectivity index (χ1v) is 9.70. The van der Waals surface area contributed by atoms with E-state index in [1.54, 1.807) is 0 Å². The van der Waals surface area contributed by atoms with Gasteiger partial charge in [0.15, 0.2) is 0 Å². The lowest BCUT2D eigenvalue weighted by molar-refractivity contribution is 0.130. The molecule has 0 spiro atoms. The Balaban J connectivity index is 1.88. The van der Waals surface area contributed by atoms with Crippen LogP contribution in [0.5, 0.6) is 0 Å². The predicted octanol–water partition coefficient (Wildman–Crippen LogP) is 4.82. The summed E-state index contributed by atoms with van der Waals surface area (Å²) in [5.41, 5.74) is 5.88. The molecule has 1 saturated heterocycles. The van der Waals surface area contributed by atoms with Crippen LogP contribution in [0.1, 0.15) is 84.5 Å². The molecule has 1 rings (SSSR count). The van der Waals surface area contributed by atoms with Gasteiger partial charge in [0.05, 0.1) is 0 Å². The summed E-state index contributed by atoms with van der Waals surface area (Å²) in [5, 5.41) is 0. The molecule has 2 nitrogen and oxygen atoms in total. The third kappa shape index (κ3) is 8.83. The molecule has 0 radical (unpaired) electrons. The molecule has 0 saturated carbocycles. The fraction of sp³-hybridized carbons (Fsp3) is 1.00. The van der Waals surface area contributed by atoms with Crippen LogP contribution in [0.2, 0.25) is 0 Å². The first-order chi connectivity index (χ1) is 10.3. The molecule has 0 bridgehead atoms. The lowest BCUT2D eigenvalue weighted by Gasteiger charge is -2.36. The predicted molar refractivity (Wildman–Crippen MR) is 94.6 cm³/mol. The van der Waals surface area contributed by atoms with E-state index in [0.717, 1.165) is 18.4 Å². The van der Waals surface area contributed by atoms with Gasteiger partial charge in [-0.3, -0.25) is 0 Å². The highest BCUT2D eigenvalue weighted by atomic mass is 15.1. The Bertz CT molecular complexity index is 230. The minimum Gasteiger partial charge on any atom is -0.330 e. The highest BCUT2D eigenvalue weighted by Crippen LogP contribution is 2.22. The van der Waals surface area contributed by atoms with Crippen LogP contribution in [0.25, 0.3) is 0 Å². The van der Waals surface area contributed by atoms with E-state index in [-0.39, 0.29) is 0 Å². The molecule has 1 aliphatic rings. The van der Waals surface area contributed by atoms with E-state index in [1.807, 2.05) is 0 Å². The van der Waals surface area contributed by atoms with Crippen molar-refractivity contribution in [2.75, 3.05) is 26.2 Å². The van der Waals surface area contributed by atoms with Crippen LogP contribution in [0, 0.1) is 11.8 Å². The number of hydrogen-bond acceptors (Lipinski definition) is 2. The molecule has 0 aromatic rings. The van der Waals surface area contributed by atoms with Crippen molar-refractivity contribution in [3.05, 3.63) is 0 Å². The molecule has 0 aromatic carbocycles. The topological polar surface area (TPSA) is 29.3 Å². The summed E-state index contributed by atoms with van der Waals surface area (Å²) < 4.78 is 0. The van der Waals surface area contributed by atoms with E-state index >= 15 is 0 Å². The summed E-state index contributed by atoms with van der Waals surface area (Å²) in [7, 11) is 0. The first-order valence-electron chi connectivity index (χ1n) is 9.70. The number of nitrogens with zero attached hydrogens (tertiary/aromatic N) is 1. The second kappa shape index (κ2) is 12.5. The van der Waals surface area contributed by atoms with Crippen LogP contribution in [0.15, 0.2) is 0 Å². The van der Waals surface area contributed by atoms with E-state index in [4.69, 9.17) is 5.73 Å². The van der Waals surface area contributed by atoms with Crippen LogP contribution in [-0.2, 0) is 0 Å². The number of likely N-dealkylation sites (tertiary alicyclic amines) is 1. The molecule has 1 heterocycles. The van der Waals surface area contributed by atoms with Gasteiger partial charge < -0.3 is 10.6 Å². The van der Waals surface area contributed by atoms with Gasteiger partial charge >= 0.3 is 0 Å². The molecule has 2 atom stereocenters. The molecule has 126 valence electrons. The lowest BCUT2D eigenvalue weighted by atomic mass is 9.87. The average Bonchev–Trinajstić information content (AvgIpc) is 2.50. The Morgan fingerprint density at radius 2 is 1.48 bits per heavy atom. The molecule has 1 aliphatic heterocycles. The molecule has 2 heteroatoms. The zero-order chi connectivity index (χ0) is 15.3. The minimum atomic E-state index is 0.738. The van der Waals surface area contributed by atoms with Gasteiger partial charge in [0.1, 0.15) is 0 Å². The van der Waals surface area contributed by atoms with E-state index in [2.05, 4.69) is 18.7 Å². The van der Waals surface area contributed by atoms with Gasteiger partial charge in [-0.15, -0.1) is 0 Å². The van der Waals surface area contributed by atoms with E-state index in [1.165, 1.54) is 90.3 Å². The fourth-order valence-corrected chi connectivity index (χ4v) is 3.56. The Labute approximate surface area is 133 Å². The highest BCUT2D eigenvalue weighted by Gasteiger charge is 2.24. The van der Waals surface area contributed by atoms with Gasteiger partial charge in [0.2, 0.25) is 0 Å². The third-order valence-corrected chi connectivity index (χ3v) is 5.33. The molecular weight excluding hydrogens is 256 g/mol. The number of nitrogens with two attached hydrogens (primary N) is 1. The normalized spacial score (nSPS) is 23.6. The molecule has 0 amide bonds. The summed E-state index contributed by atoms with van der Waals surface area (Å²) in [4.78, 5) is 2.66. The lowest BCUT2D eigenvalue weighted by Crippen LogP contribution is -2.42. The van der Waals surface area contributed by atoms with E-state index < -0.39 is 0 Å². The Kier molecular flexibility index (Phi) is 11.3. The van der Waals surface area contributed by atoms with Gasteiger partial charge in [-0.2, -0.15) is 0 Å². The van der Waals surface area contributed by atoms with Crippen molar-refractivity contribution in [2.24, 2.45) is 17.6 Å². The average molecular weight is 297 g/mol.